The van der Waals surface area contributed by atoms with Crippen LogP contribution in [0.4, 0.5) is 13.2 Å². The molecule has 1 aromatic carbocycles. The number of hydrogen-bond donors (Lipinski definition) is 2. The number of benzene rings is 1. The van der Waals surface area contributed by atoms with E-state index in [4.69, 9.17) is 0 Å². The summed E-state index contributed by atoms with van der Waals surface area (Å²) in [5.74, 6) is 0.183. The number of nitrogens with one attached hydrogen (secondary N) is 2. The van der Waals surface area contributed by atoms with Crippen LogP contribution in [0.15, 0.2) is 42.7 Å². The van der Waals surface area contributed by atoms with Crippen LogP contribution in [0.2, 0.25) is 0 Å². The fourth-order valence-corrected chi connectivity index (χ4v) is 3.94. The molecule has 30 heavy (non-hydrogen) atoms. The highest BCUT2D eigenvalue weighted by molar-refractivity contribution is 5.76. The molecule has 0 unspecified atom stereocenters. The number of alkyl halides is 3. The number of aromatic amines is 1. The molecular formula is C21H22F3N5O. The SMILES string of the molecule is O=C(Cn1nc(C(F)(F)F)c2c1CCCC2)N[C@@H](Cc1ccccc1)c1ncc[nH]1. The summed E-state index contributed by atoms with van der Waals surface area (Å²) < 4.78 is 41.3. The van der Waals surface area contributed by atoms with Crippen molar-refractivity contribution >= 4 is 5.91 Å². The van der Waals surface area contributed by atoms with Gasteiger partial charge in [-0.15, -0.1) is 0 Å². The number of rotatable bonds is 6. The van der Waals surface area contributed by atoms with E-state index in [1.807, 2.05) is 30.3 Å². The molecule has 0 spiro atoms. The van der Waals surface area contributed by atoms with Gasteiger partial charge in [-0.3, -0.25) is 9.48 Å². The number of carbonyl (C=O) groups is 1. The minimum absolute atomic E-state index is 0.230. The van der Waals surface area contributed by atoms with Crippen molar-refractivity contribution in [2.75, 3.05) is 0 Å². The molecule has 9 heteroatoms. The van der Waals surface area contributed by atoms with Crippen LogP contribution in [0, 0.1) is 0 Å². The first-order chi connectivity index (χ1) is 14.4. The Morgan fingerprint density at radius 3 is 2.67 bits per heavy atom. The summed E-state index contributed by atoms with van der Waals surface area (Å²) in [6, 6.07) is 9.19. The quantitative estimate of drug-likeness (QED) is 0.644. The van der Waals surface area contributed by atoms with E-state index in [0.717, 1.165) is 12.0 Å². The Hall–Kier alpha value is -3.10. The van der Waals surface area contributed by atoms with Gasteiger partial charge in [0.15, 0.2) is 5.69 Å². The molecule has 1 amide bonds. The van der Waals surface area contributed by atoms with Gasteiger partial charge in [0.1, 0.15) is 12.4 Å². The van der Waals surface area contributed by atoms with E-state index in [9.17, 15) is 18.0 Å². The number of hydrogen-bond acceptors (Lipinski definition) is 3. The highest BCUT2D eigenvalue weighted by Gasteiger charge is 2.39. The van der Waals surface area contributed by atoms with Crippen LogP contribution in [0.1, 0.15) is 47.2 Å². The zero-order valence-electron chi connectivity index (χ0n) is 16.2. The second-order valence-electron chi connectivity index (χ2n) is 7.42. The van der Waals surface area contributed by atoms with Gasteiger partial charge in [0.2, 0.25) is 5.91 Å². The average Bonchev–Trinajstić information content (AvgIpc) is 3.37. The normalized spacial score (nSPS) is 14.9. The molecule has 2 aromatic heterocycles. The first-order valence-corrected chi connectivity index (χ1v) is 9.90. The summed E-state index contributed by atoms with van der Waals surface area (Å²) in [5.41, 5.74) is 0.890. The largest absolute Gasteiger partial charge is 0.435 e. The van der Waals surface area contributed by atoms with Crippen LogP contribution < -0.4 is 5.32 Å². The fraction of sp³-hybridized carbons (Fsp3) is 0.381. The van der Waals surface area contributed by atoms with Gasteiger partial charge in [0, 0.05) is 23.7 Å². The fourth-order valence-electron chi connectivity index (χ4n) is 3.94. The molecule has 0 radical (unpaired) electrons. The van der Waals surface area contributed by atoms with E-state index in [-0.39, 0.29) is 12.1 Å². The number of amides is 1. The van der Waals surface area contributed by atoms with Gasteiger partial charge < -0.3 is 10.3 Å². The number of halogens is 3. The number of carbonyl (C=O) groups excluding carboxylic acids is 1. The van der Waals surface area contributed by atoms with Crippen molar-refractivity contribution in [3.05, 3.63) is 71.1 Å². The minimum Gasteiger partial charge on any atom is -0.347 e. The van der Waals surface area contributed by atoms with E-state index in [0.29, 0.717) is 37.2 Å². The van der Waals surface area contributed by atoms with Crippen LogP contribution in [0.3, 0.4) is 0 Å². The molecule has 3 aromatic rings. The summed E-state index contributed by atoms with van der Waals surface area (Å²) in [4.78, 5) is 20.0. The molecule has 4 rings (SSSR count). The third-order valence-corrected chi connectivity index (χ3v) is 5.29. The van der Waals surface area contributed by atoms with Crippen molar-refractivity contribution in [3.63, 3.8) is 0 Å². The maximum atomic E-state index is 13.4. The lowest BCUT2D eigenvalue weighted by Crippen LogP contribution is -2.34. The summed E-state index contributed by atoms with van der Waals surface area (Å²) >= 11 is 0. The van der Waals surface area contributed by atoms with Crippen molar-refractivity contribution in [2.45, 2.75) is 50.9 Å². The predicted molar refractivity (Wildman–Crippen MR) is 103 cm³/mol. The first-order valence-electron chi connectivity index (χ1n) is 9.90. The third-order valence-electron chi connectivity index (χ3n) is 5.29. The van der Waals surface area contributed by atoms with E-state index >= 15 is 0 Å². The van der Waals surface area contributed by atoms with Gasteiger partial charge in [-0.05, 0) is 37.7 Å². The third kappa shape index (κ3) is 4.39. The molecule has 0 aliphatic heterocycles. The molecule has 2 heterocycles. The van der Waals surface area contributed by atoms with Gasteiger partial charge in [-0.1, -0.05) is 30.3 Å². The first kappa shape index (κ1) is 20.2. The Morgan fingerprint density at radius 1 is 1.20 bits per heavy atom. The van der Waals surface area contributed by atoms with E-state index < -0.39 is 23.8 Å². The van der Waals surface area contributed by atoms with E-state index in [1.54, 1.807) is 12.4 Å². The molecule has 0 bridgehead atoms. The smallest absolute Gasteiger partial charge is 0.347 e. The maximum absolute atomic E-state index is 13.4. The Bertz CT molecular complexity index is 996. The van der Waals surface area contributed by atoms with Crippen molar-refractivity contribution < 1.29 is 18.0 Å². The van der Waals surface area contributed by atoms with Crippen molar-refractivity contribution in [3.8, 4) is 0 Å². The summed E-state index contributed by atoms with van der Waals surface area (Å²) in [5, 5.41) is 6.66. The highest BCUT2D eigenvalue weighted by Crippen LogP contribution is 2.35. The van der Waals surface area contributed by atoms with Gasteiger partial charge >= 0.3 is 6.18 Å². The molecule has 0 fully saturated rings. The van der Waals surface area contributed by atoms with Gasteiger partial charge in [-0.25, -0.2) is 4.98 Å². The second kappa shape index (κ2) is 8.33. The minimum atomic E-state index is -4.52. The van der Waals surface area contributed by atoms with Gasteiger partial charge in [-0.2, -0.15) is 18.3 Å². The van der Waals surface area contributed by atoms with Crippen LogP contribution in [0.25, 0.3) is 0 Å². The molecule has 2 N–H and O–H groups in total. The maximum Gasteiger partial charge on any atom is 0.435 e. The zero-order valence-corrected chi connectivity index (χ0v) is 16.2. The van der Waals surface area contributed by atoms with Crippen molar-refractivity contribution in [1.82, 2.24) is 25.1 Å². The molecule has 0 saturated heterocycles. The van der Waals surface area contributed by atoms with Crippen LogP contribution >= 0.6 is 0 Å². The lowest BCUT2D eigenvalue weighted by molar-refractivity contribution is -0.142. The molecule has 6 nitrogen and oxygen atoms in total. The summed E-state index contributed by atoms with van der Waals surface area (Å²) in [6.07, 6.45) is 1.58. The standard InChI is InChI=1S/C21H22F3N5O/c22-21(23,24)19-15-8-4-5-9-17(15)29(28-19)13-18(30)27-16(20-25-10-11-26-20)12-14-6-2-1-3-7-14/h1-3,6-7,10-11,16H,4-5,8-9,12-13H2,(H,25,26)(H,27,30)/t16-/m0/s1. The van der Waals surface area contributed by atoms with E-state index in [1.165, 1.54) is 4.68 Å². The lowest BCUT2D eigenvalue weighted by Gasteiger charge is -2.18. The monoisotopic (exact) mass is 417 g/mol. The number of nitrogens with zero attached hydrogens (tertiary/aromatic N) is 3. The molecule has 1 aliphatic rings. The number of imidazole rings is 1. The molecule has 1 atom stereocenters. The lowest BCUT2D eigenvalue weighted by atomic mass is 9.95. The Balaban J connectivity index is 1.53. The summed E-state index contributed by atoms with van der Waals surface area (Å²) in [6.45, 7) is -0.260. The highest BCUT2D eigenvalue weighted by atomic mass is 19.4. The average molecular weight is 417 g/mol. The second-order valence-corrected chi connectivity index (χ2v) is 7.42. The Morgan fingerprint density at radius 2 is 1.97 bits per heavy atom. The number of fused-ring (bicyclic) bond motifs is 1. The molecular weight excluding hydrogens is 395 g/mol. The van der Waals surface area contributed by atoms with Crippen molar-refractivity contribution in [1.29, 1.82) is 0 Å². The Labute approximate surface area is 171 Å². The van der Waals surface area contributed by atoms with Crippen LogP contribution in [-0.2, 0) is 36.8 Å². The van der Waals surface area contributed by atoms with Crippen LogP contribution in [0.5, 0.6) is 0 Å². The molecule has 158 valence electrons. The Kier molecular flexibility index (Phi) is 5.61. The number of aromatic nitrogens is 4. The molecule has 1 aliphatic carbocycles. The molecule has 0 saturated carbocycles. The van der Waals surface area contributed by atoms with Gasteiger partial charge in [0.05, 0.1) is 6.04 Å². The van der Waals surface area contributed by atoms with Crippen molar-refractivity contribution in [2.24, 2.45) is 0 Å². The number of H-pyrrole nitrogens is 1. The van der Waals surface area contributed by atoms with E-state index in [2.05, 4.69) is 20.4 Å². The predicted octanol–water partition coefficient (Wildman–Crippen LogP) is 3.60. The zero-order chi connectivity index (χ0) is 21.1. The van der Waals surface area contributed by atoms with Crippen LogP contribution in [-0.4, -0.2) is 25.7 Å². The van der Waals surface area contributed by atoms with Gasteiger partial charge in [0.25, 0.3) is 0 Å². The topological polar surface area (TPSA) is 75.6 Å². The summed E-state index contributed by atoms with van der Waals surface area (Å²) in [7, 11) is 0.